The number of aliphatic carboxylic acids is 1. The molecule has 3 rings (SSSR count). The molecule has 2 heterocycles. The van der Waals surface area contributed by atoms with Gasteiger partial charge in [-0.05, 0) is 24.3 Å². The Morgan fingerprint density at radius 2 is 1.79 bits per heavy atom. The number of benzene rings is 1. The van der Waals surface area contributed by atoms with Gasteiger partial charge in [-0.15, -0.1) is 23.7 Å². The second-order valence-electron chi connectivity index (χ2n) is 5.45. The molecule has 0 atom stereocenters. The lowest BCUT2D eigenvalue weighted by Crippen LogP contribution is -2.23. The number of aromatic carboxylic acids is 1. The van der Waals surface area contributed by atoms with Crippen LogP contribution in [0.2, 0.25) is 0 Å². The van der Waals surface area contributed by atoms with E-state index in [4.69, 9.17) is 9.84 Å². The van der Waals surface area contributed by atoms with E-state index in [9.17, 15) is 19.5 Å². The molecule has 3 N–H and O–H groups in total. The Labute approximate surface area is 169 Å². The van der Waals surface area contributed by atoms with Gasteiger partial charge in [0, 0.05) is 5.56 Å². The zero-order valence-corrected chi connectivity index (χ0v) is 15.9. The van der Waals surface area contributed by atoms with Crippen molar-refractivity contribution in [2.24, 2.45) is 0 Å². The van der Waals surface area contributed by atoms with Gasteiger partial charge in [0.25, 0.3) is 5.91 Å². The normalized spacial score (nSPS) is 10.1. The highest BCUT2D eigenvalue weighted by molar-refractivity contribution is 7.20. The first-order valence-corrected chi connectivity index (χ1v) is 8.61. The van der Waals surface area contributed by atoms with Gasteiger partial charge in [-0.2, -0.15) is 0 Å². The third-order valence-electron chi connectivity index (χ3n) is 3.57. The molecule has 8 nitrogen and oxygen atoms in total. The van der Waals surface area contributed by atoms with Gasteiger partial charge in [-0.25, -0.2) is 14.6 Å². The van der Waals surface area contributed by atoms with Crippen LogP contribution in [0.4, 0.5) is 0 Å². The highest BCUT2D eigenvalue weighted by atomic mass is 35.5. The van der Waals surface area contributed by atoms with Crippen molar-refractivity contribution in [1.82, 2.24) is 10.3 Å². The van der Waals surface area contributed by atoms with Gasteiger partial charge >= 0.3 is 11.9 Å². The second-order valence-corrected chi connectivity index (χ2v) is 6.45. The molecule has 0 aliphatic rings. The Hall–Kier alpha value is -3.17. The lowest BCUT2D eigenvalue weighted by Gasteiger charge is -2.06. The van der Waals surface area contributed by atoms with E-state index in [0.717, 1.165) is 11.3 Å². The highest BCUT2D eigenvalue weighted by Crippen LogP contribution is 2.37. The lowest BCUT2D eigenvalue weighted by molar-refractivity contribution is -0.139. The summed E-state index contributed by atoms with van der Waals surface area (Å²) in [4.78, 5) is 38.8. The molecule has 0 aliphatic heterocycles. The Morgan fingerprint density at radius 3 is 2.43 bits per heavy atom. The van der Waals surface area contributed by atoms with Crippen LogP contribution in [0.5, 0.6) is 5.75 Å². The number of aromatic nitrogens is 1. The van der Waals surface area contributed by atoms with Crippen LogP contribution in [0, 0.1) is 0 Å². The molecule has 0 saturated carbocycles. The SMILES string of the molecule is Cl.O=C(O)COc1c(C(=O)O)sc2nc(CNC(=O)c3ccccc3)ccc12. The number of amides is 1. The summed E-state index contributed by atoms with van der Waals surface area (Å²) in [6.45, 7) is -0.490. The van der Waals surface area contributed by atoms with Crippen molar-refractivity contribution in [3.63, 3.8) is 0 Å². The fraction of sp³-hybridized carbons (Fsp3) is 0.111. The number of rotatable bonds is 7. The van der Waals surface area contributed by atoms with Crippen molar-refractivity contribution in [2.45, 2.75) is 6.54 Å². The first kappa shape index (κ1) is 21.1. The first-order valence-electron chi connectivity index (χ1n) is 7.79. The Bertz CT molecular complexity index is 1020. The molecule has 0 spiro atoms. The van der Waals surface area contributed by atoms with Crippen molar-refractivity contribution in [3.05, 3.63) is 58.6 Å². The van der Waals surface area contributed by atoms with Crippen LogP contribution < -0.4 is 10.1 Å². The van der Waals surface area contributed by atoms with E-state index in [0.29, 0.717) is 21.5 Å². The van der Waals surface area contributed by atoms with Crippen LogP contribution in [-0.4, -0.2) is 39.6 Å². The molecule has 0 saturated heterocycles. The number of carbonyl (C=O) groups excluding carboxylic acids is 1. The van der Waals surface area contributed by atoms with Gasteiger partial charge in [-0.1, -0.05) is 18.2 Å². The first-order chi connectivity index (χ1) is 13.0. The molecular formula is C18H15ClN2O6S. The van der Waals surface area contributed by atoms with Crippen LogP contribution in [-0.2, 0) is 11.3 Å². The molecule has 1 amide bonds. The van der Waals surface area contributed by atoms with Crippen molar-refractivity contribution in [2.75, 3.05) is 6.61 Å². The summed E-state index contributed by atoms with van der Waals surface area (Å²) in [5.74, 6) is -2.70. The van der Waals surface area contributed by atoms with Gasteiger partial charge in [0.1, 0.15) is 4.83 Å². The molecule has 146 valence electrons. The number of nitrogens with one attached hydrogen (secondary N) is 1. The quantitative estimate of drug-likeness (QED) is 0.534. The maximum absolute atomic E-state index is 12.1. The molecule has 2 aromatic heterocycles. The predicted molar refractivity (Wildman–Crippen MR) is 105 cm³/mol. The summed E-state index contributed by atoms with van der Waals surface area (Å²) in [5.41, 5.74) is 1.06. The molecule has 10 heteroatoms. The monoisotopic (exact) mass is 422 g/mol. The predicted octanol–water partition coefficient (Wildman–Crippen LogP) is 2.81. The Kier molecular flexibility index (Phi) is 6.91. The maximum Gasteiger partial charge on any atom is 0.349 e. The van der Waals surface area contributed by atoms with E-state index < -0.39 is 18.5 Å². The standard InChI is InChI=1S/C18H14N2O6S.ClH/c21-13(22)9-26-14-12-7-6-11(20-17(12)27-15(14)18(24)25)8-19-16(23)10-4-2-1-3-5-10;/h1-7H,8-9H2,(H,19,23)(H,21,22)(H,24,25);1H. The molecule has 0 fully saturated rings. The molecule has 0 bridgehead atoms. The second kappa shape index (κ2) is 9.16. The van der Waals surface area contributed by atoms with E-state index in [1.807, 2.05) is 6.07 Å². The van der Waals surface area contributed by atoms with Gasteiger partial charge < -0.3 is 20.3 Å². The third kappa shape index (κ3) is 4.76. The Balaban J connectivity index is 0.00000280. The van der Waals surface area contributed by atoms with Gasteiger partial charge in [-0.3, -0.25) is 4.79 Å². The van der Waals surface area contributed by atoms with Crippen molar-refractivity contribution >= 4 is 51.8 Å². The number of halogens is 1. The number of fused-ring (bicyclic) bond motifs is 1. The van der Waals surface area contributed by atoms with Crippen molar-refractivity contribution in [3.8, 4) is 5.75 Å². The van der Waals surface area contributed by atoms with Gasteiger partial charge in [0.05, 0.1) is 17.6 Å². The number of hydrogen-bond acceptors (Lipinski definition) is 6. The van der Waals surface area contributed by atoms with E-state index in [1.54, 1.807) is 36.4 Å². The molecule has 0 aliphatic carbocycles. The zero-order chi connectivity index (χ0) is 19.4. The number of pyridine rings is 1. The summed E-state index contributed by atoms with van der Waals surface area (Å²) in [7, 11) is 0. The fourth-order valence-corrected chi connectivity index (χ4v) is 3.35. The smallest absolute Gasteiger partial charge is 0.349 e. The summed E-state index contributed by atoms with van der Waals surface area (Å²) >= 11 is 0.887. The van der Waals surface area contributed by atoms with Gasteiger partial charge in [0.2, 0.25) is 0 Å². The van der Waals surface area contributed by atoms with Crippen molar-refractivity contribution in [1.29, 1.82) is 0 Å². The maximum atomic E-state index is 12.1. The number of thiophene rings is 1. The number of carboxylic acids is 2. The Morgan fingerprint density at radius 1 is 1.07 bits per heavy atom. The van der Waals surface area contributed by atoms with E-state index in [2.05, 4.69) is 10.3 Å². The van der Waals surface area contributed by atoms with Gasteiger partial charge in [0.15, 0.2) is 17.2 Å². The third-order valence-corrected chi connectivity index (χ3v) is 4.64. The zero-order valence-electron chi connectivity index (χ0n) is 14.2. The summed E-state index contributed by atoms with van der Waals surface area (Å²) < 4.78 is 5.13. The molecular weight excluding hydrogens is 408 g/mol. The molecule has 28 heavy (non-hydrogen) atoms. The van der Waals surface area contributed by atoms with Crippen LogP contribution in [0.1, 0.15) is 25.7 Å². The fourth-order valence-electron chi connectivity index (χ4n) is 2.37. The number of carbonyl (C=O) groups is 3. The largest absolute Gasteiger partial charge is 0.479 e. The minimum Gasteiger partial charge on any atom is -0.479 e. The van der Waals surface area contributed by atoms with Crippen LogP contribution >= 0.6 is 23.7 Å². The average Bonchev–Trinajstić information content (AvgIpc) is 3.03. The molecule has 1 aromatic carbocycles. The molecule has 0 radical (unpaired) electrons. The van der Waals surface area contributed by atoms with Crippen LogP contribution in [0.3, 0.4) is 0 Å². The minimum absolute atomic E-state index is 0. The lowest BCUT2D eigenvalue weighted by atomic mass is 10.2. The van der Waals surface area contributed by atoms with Crippen molar-refractivity contribution < 1.29 is 29.3 Å². The van der Waals surface area contributed by atoms with Crippen LogP contribution in [0.25, 0.3) is 10.2 Å². The van der Waals surface area contributed by atoms with E-state index >= 15 is 0 Å². The molecule has 0 unspecified atom stereocenters. The topological polar surface area (TPSA) is 126 Å². The summed E-state index contributed by atoms with van der Waals surface area (Å²) in [6, 6.07) is 11.9. The number of carboxylic acid groups (broad SMARTS) is 2. The summed E-state index contributed by atoms with van der Waals surface area (Å²) in [6.07, 6.45) is 0. The number of nitrogens with zero attached hydrogens (tertiary/aromatic N) is 1. The van der Waals surface area contributed by atoms with E-state index in [1.165, 1.54) is 0 Å². The number of hydrogen-bond donors (Lipinski definition) is 3. The minimum atomic E-state index is -1.22. The average molecular weight is 423 g/mol. The van der Waals surface area contributed by atoms with E-state index in [-0.39, 0.29) is 35.5 Å². The highest BCUT2D eigenvalue weighted by Gasteiger charge is 2.21. The number of ether oxygens (including phenoxy) is 1. The van der Waals surface area contributed by atoms with Crippen LogP contribution in [0.15, 0.2) is 42.5 Å². The molecule has 3 aromatic rings. The summed E-state index contributed by atoms with van der Waals surface area (Å²) in [5, 5.41) is 21.2.